The maximum Gasteiger partial charge on any atom is 0.261 e. The van der Waals surface area contributed by atoms with Crippen LogP contribution < -0.4 is 5.56 Å². The summed E-state index contributed by atoms with van der Waals surface area (Å²) >= 11 is 0. The van der Waals surface area contributed by atoms with E-state index in [1.165, 1.54) is 18.6 Å². The molecule has 4 rings (SSSR count). The van der Waals surface area contributed by atoms with Gasteiger partial charge >= 0.3 is 0 Å². The Morgan fingerprint density at radius 3 is 2.72 bits per heavy atom. The molecule has 0 saturated carbocycles. The molecule has 0 aliphatic carbocycles. The summed E-state index contributed by atoms with van der Waals surface area (Å²) in [5, 5.41) is 0.592. The van der Waals surface area contributed by atoms with Crippen molar-refractivity contribution in [2.24, 2.45) is 5.92 Å². The Hall–Kier alpha value is -2.53. The van der Waals surface area contributed by atoms with E-state index in [2.05, 4.69) is 23.7 Å². The summed E-state index contributed by atoms with van der Waals surface area (Å²) < 4.78 is 15.5. The topological polar surface area (TPSA) is 38.1 Å². The Kier molecular flexibility index (Phi) is 5.50. The minimum Gasteiger partial charge on any atom is -0.301 e. The fourth-order valence-corrected chi connectivity index (χ4v) is 4.37. The first-order chi connectivity index (χ1) is 13.9. The highest BCUT2D eigenvalue weighted by molar-refractivity contribution is 5.83. The third-order valence-corrected chi connectivity index (χ3v) is 6.02. The molecule has 4 nitrogen and oxygen atoms in total. The maximum absolute atomic E-state index is 13.6. The molecule has 1 fully saturated rings. The van der Waals surface area contributed by atoms with Crippen molar-refractivity contribution >= 4 is 10.9 Å². The molecule has 1 aliphatic rings. The van der Waals surface area contributed by atoms with E-state index in [0.29, 0.717) is 29.4 Å². The summed E-state index contributed by atoms with van der Waals surface area (Å²) in [6.07, 6.45) is 2.30. The summed E-state index contributed by atoms with van der Waals surface area (Å²) in [6.45, 7) is 9.21. The average molecular weight is 394 g/mol. The molecule has 5 heteroatoms. The predicted octanol–water partition coefficient (Wildman–Crippen LogP) is 4.63. The van der Waals surface area contributed by atoms with Gasteiger partial charge in [0.1, 0.15) is 11.6 Å². The van der Waals surface area contributed by atoms with Gasteiger partial charge in [0.25, 0.3) is 5.56 Å². The molecule has 1 atom stereocenters. The van der Waals surface area contributed by atoms with Gasteiger partial charge in [0.15, 0.2) is 0 Å². The molecule has 3 aromatic rings. The van der Waals surface area contributed by atoms with Gasteiger partial charge < -0.3 is 4.90 Å². The highest BCUT2D eigenvalue weighted by Gasteiger charge is 2.23. The number of nitrogens with zero attached hydrogens (tertiary/aromatic N) is 3. The second-order valence-corrected chi connectivity index (χ2v) is 8.41. The highest BCUT2D eigenvalue weighted by atomic mass is 19.1. The summed E-state index contributed by atoms with van der Waals surface area (Å²) in [5.74, 6) is 0.921. The van der Waals surface area contributed by atoms with Crippen LogP contribution in [0.5, 0.6) is 0 Å². The van der Waals surface area contributed by atoms with Crippen molar-refractivity contribution in [3.63, 3.8) is 0 Å². The van der Waals surface area contributed by atoms with E-state index in [0.717, 1.165) is 36.5 Å². The lowest BCUT2D eigenvalue weighted by molar-refractivity contribution is 0.129. The van der Waals surface area contributed by atoms with E-state index in [4.69, 9.17) is 0 Å². The first-order valence-corrected chi connectivity index (χ1v) is 10.4. The summed E-state index contributed by atoms with van der Waals surface area (Å²) in [7, 11) is 0. The number of hydrogen-bond acceptors (Lipinski definition) is 3. The van der Waals surface area contributed by atoms with Crippen molar-refractivity contribution in [2.45, 2.75) is 46.2 Å². The van der Waals surface area contributed by atoms with Gasteiger partial charge in [0.2, 0.25) is 0 Å². The maximum atomic E-state index is 13.6. The number of fused-ring (bicyclic) bond motifs is 1. The number of benzene rings is 2. The number of piperidine rings is 1. The Bertz CT molecular complexity index is 1090. The standard InChI is InChI=1S/C24H28FN3O/c1-16(2)27-11-5-6-18(14-27)15-28-17(3)26-23-10-9-20(13-22(23)24(28)29)19-7-4-8-21(25)12-19/h4,7-10,12-13,16,18H,5-6,11,14-15H2,1-3H3/t18-/m0/s1. The molecule has 1 aromatic heterocycles. The Morgan fingerprint density at radius 1 is 1.17 bits per heavy atom. The quantitative estimate of drug-likeness (QED) is 0.649. The Balaban J connectivity index is 1.70. The van der Waals surface area contributed by atoms with Crippen LogP contribution in [0, 0.1) is 18.7 Å². The zero-order valence-corrected chi connectivity index (χ0v) is 17.4. The number of halogens is 1. The van der Waals surface area contributed by atoms with Crippen LogP contribution in [0.3, 0.4) is 0 Å². The molecule has 0 spiro atoms. The van der Waals surface area contributed by atoms with Gasteiger partial charge in [-0.25, -0.2) is 9.37 Å². The van der Waals surface area contributed by atoms with Gasteiger partial charge in [0, 0.05) is 19.1 Å². The second kappa shape index (κ2) is 8.07. The van der Waals surface area contributed by atoms with E-state index in [1.807, 2.05) is 35.8 Å². The first-order valence-electron chi connectivity index (χ1n) is 10.4. The molecule has 0 unspecified atom stereocenters. The number of rotatable bonds is 4. The predicted molar refractivity (Wildman–Crippen MR) is 116 cm³/mol. The Labute approximate surface area is 171 Å². The van der Waals surface area contributed by atoms with Crippen LogP contribution in [0.4, 0.5) is 4.39 Å². The molecule has 0 bridgehead atoms. The van der Waals surface area contributed by atoms with Gasteiger partial charge in [-0.3, -0.25) is 9.36 Å². The molecule has 2 aromatic carbocycles. The largest absolute Gasteiger partial charge is 0.301 e. The molecule has 0 N–H and O–H groups in total. The highest BCUT2D eigenvalue weighted by Crippen LogP contribution is 2.24. The molecule has 1 saturated heterocycles. The van der Waals surface area contributed by atoms with Gasteiger partial charge in [-0.1, -0.05) is 18.2 Å². The SMILES string of the molecule is Cc1nc2ccc(-c3cccc(F)c3)cc2c(=O)n1C[C@H]1CCCN(C(C)C)C1. The van der Waals surface area contributed by atoms with Crippen molar-refractivity contribution in [1.82, 2.24) is 14.5 Å². The van der Waals surface area contributed by atoms with Crippen molar-refractivity contribution < 1.29 is 4.39 Å². The molecule has 1 aliphatic heterocycles. The van der Waals surface area contributed by atoms with E-state index in [-0.39, 0.29) is 11.4 Å². The molecular weight excluding hydrogens is 365 g/mol. The molecule has 0 amide bonds. The number of aryl methyl sites for hydroxylation is 1. The fraction of sp³-hybridized carbons (Fsp3) is 0.417. The third kappa shape index (κ3) is 4.10. The monoisotopic (exact) mass is 393 g/mol. The van der Waals surface area contributed by atoms with Crippen LogP contribution in [0.15, 0.2) is 47.3 Å². The zero-order chi connectivity index (χ0) is 20.5. The van der Waals surface area contributed by atoms with E-state index >= 15 is 0 Å². The average Bonchev–Trinajstić information content (AvgIpc) is 2.71. The van der Waals surface area contributed by atoms with Crippen LogP contribution >= 0.6 is 0 Å². The third-order valence-electron chi connectivity index (χ3n) is 6.02. The van der Waals surface area contributed by atoms with Crippen LogP contribution in [0.2, 0.25) is 0 Å². The lowest BCUT2D eigenvalue weighted by atomic mass is 9.96. The zero-order valence-electron chi connectivity index (χ0n) is 17.4. The van der Waals surface area contributed by atoms with Crippen molar-refractivity contribution in [2.75, 3.05) is 13.1 Å². The van der Waals surface area contributed by atoms with E-state index < -0.39 is 0 Å². The van der Waals surface area contributed by atoms with Crippen molar-refractivity contribution in [1.29, 1.82) is 0 Å². The number of likely N-dealkylation sites (tertiary alicyclic amines) is 1. The number of aromatic nitrogens is 2. The molecular formula is C24H28FN3O. The van der Waals surface area contributed by atoms with E-state index in [9.17, 15) is 9.18 Å². The Morgan fingerprint density at radius 2 is 1.97 bits per heavy atom. The molecule has 29 heavy (non-hydrogen) atoms. The van der Waals surface area contributed by atoms with E-state index in [1.54, 1.807) is 6.07 Å². The minimum absolute atomic E-state index is 0.00702. The summed E-state index contributed by atoms with van der Waals surface area (Å²) in [6, 6.07) is 12.6. The van der Waals surface area contributed by atoms with Gasteiger partial charge in [-0.05, 0) is 81.5 Å². The number of hydrogen-bond donors (Lipinski definition) is 0. The van der Waals surface area contributed by atoms with Crippen molar-refractivity contribution in [3.8, 4) is 11.1 Å². The van der Waals surface area contributed by atoms with Crippen LogP contribution in [0.25, 0.3) is 22.0 Å². The lowest BCUT2D eigenvalue weighted by Crippen LogP contribution is -2.42. The van der Waals surface area contributed by atoms with Gasteiger partial charge in [-0.15, -0.1) is 0 Å². The summed E-state index contributed by atoms with van der Waals surface area (Å²) in [4.78, 5) is 20.5. The van der Waals surface area contributed by atoms with Crippen LogP contribution in [-0.2, 0) is 6.54 Å². The van der Waals surface area contributed by atoms with Gasteiger partial charge in [0.05, 0.1) is 10.9 Å². The smallest absolute Gasteiger partial charge is 0.261 e. The van der Waals surface area contributed by atoms with Crippen LogP contribution in [0.1, 0.15) is 32.5 Å². The lowest BCUT2D eigenvalue weighted by Gasteiger charge is -2.35. The van der Waals surface area contributed by atoms with Crippen molar-refractivity contribution in [3.05, 3.63) is 64.5 Å². The summed E-state index contributed by atoms with van der Waals surface area (Å²) in [5.41, 5.74) is 2.28. The van der Waals surface area contributed by atoms with Crippen LogP contribution in [-0.4, -0.2) is 33.6 Å². The first kappa shape index (κ1) is 19.8. The van der Waals surface area contributed by atoms with Gasteiger partial charge in [-0.2, -0.15) is 0 Å². The minimum atomic E-state index is -0.283. The molecule has 0 radical (unpaired) electrons. The molecule has 152 valence electrons. The second-order valence-electron chi connectivity index (χ2n) is 8.41. The normalized spacial score (nSPS) is 17.9. The fourth-order valence-electron chi connectivity index (χ4n) is 4.37. The molecule has 2 heterocycles.